The lowest BCUT2D eigenvalue weighted by molar-refractivity contribution is -0.140. The van der Waals surface area contributed by atoms with Crippen LogP contribution in [0.25, 0.3) is 0 Å². The maximum Gasteiger partial charge on any atom is 0.290 e. The average molecular weight is 362 g/mol. The second kappa shape index (κ2) is 7.47. The maximum atomic E-state index is 13.1. The van der Waals surface area contributed by atoms with Crippen LogP contribution in [0.5, 0.6) is 0 Å². The molecule has 8 heteroatoms. The molecule has 0 radical (unpaired) electrons. The van der Waals surface area contributed by atoms with Gasteiger partial charge < -0.3 is 15.3 Å². The number of aromatic nitrogens is 2. The zero-order chi connectivity index (χ0) is 18.7. The second-order valence-corrected chi connectivity index (χ2v) is 7.28. The molecule has 2 fully saturated rings. The number of carbonyl (C=O) groups excluding carboxylic acids is 2. The molecule has 1 aliphatic carbocycles. The Morgan fingerprint density at radius 1 is 1.31 bits per heavy atom. The summed E-state index contributed by atoms with van der Waals surface area (Å²) in [7, 11) is 0. The quantitative estimate of drug-likeness (QED) is 0.648. The molecule has 1 aromatic rings. The van der Waals surface area contributed by atoms with Gasteiger partial charge >= 0.3 is 0 Å². The molecule has 2 saturated heterocycles. The summed E-state index contributed by atoms with van der Waals surface area (Å²) < 4.78 is 0. The SMILES string of the molecule is C[C@@H]1N(C(=O)c2n[nH]c3c2CCC3)CCC[C@@]12CCCNC2=O.O=CO. The monoisotopic (exact) mass is 362 g/mol. The van der Waals surface area contributed by atoms with Gasteiger partial charge in [-0.15, -0.1) is 0 Å². The number of hydrogen-bond donors (Lipinski definition) is 3. The van der Waals surface area contributed by atoms with Crippen LogP contribution in [0.15, 0.2) is 0 Å². The molecular weight excluding hydrogens is 336 g/mol. The fourth-order valence-corrected chi connectivity index (χ4v) is 4.71. The van der Waals surface area contributed by atoms with Crippen LogP contribution in [0.3, 0.4) is 0 Å². The summed E-state index contributed by atoms with van der Waals surface area (Å²) in [5.41, 5.74) is 2.38. The summed E-state index contributed by atoms with van der Waals surface area (Å²) in [5, 5.41) is 17.2. The van der Waals surface area contributed by atoms with E-state index in [2.05, 4.69) is 15.5 Å². The van der Waals surface area contributed by atoms with Crippen molar-refractivity contribution in [2.24, 2.45) is 5.41 Å². The van der Waals surface area contributed by atoms with Crippen LogP contribution >= 0.6 is 0 Å². The third kappa shape index (κ3) is 2.97. The third-order valence-electron chi connectivity index (χ3n) is 6.10. The first-order valence-electron chi connectivity index (χ1n) is 9.28. The zero-order valence-corrected chi connectivity index (χ0v) is 15.1. The molecule has 3 N–H and O–H groups in total. The predicted octanol–water partition coefficient (Wildman–Crippen LogP) is 1.12. The Morgan fingerprint density at radius 3 is 2.77 bits per heavy atom. The van der Waals surface area contributed by atoms with Gasteiger partial charge in [-0.2, -0.15) is 5.10 Å². The molecule has 2 aliphatic heterocycles. The van der Waals surface area contributed by atoms with Crippen LogP contribution in [-0.4, -0.2) is 57.6 Å². The van der Waals surface area contributed by atoms with E-state index in [1.165, 1.54) is 0 Å². The Hall–Kier alpha value is -2.38. The van der Waals surface area contributed by atoms with E-state index in [9.17, 15) is 9.59 Å². The zero-order valence-electron chi connectivity index (χ0n) is 15.1. The van der Waals surface area contributed by atoms with Crippen LogP contribution in [0.4, 0.5) is 0 Å². The Labute approximate surface area is 152 Å². The van der Waals surface area contributed by atoms with Gasteiger partial charge in [0, 0.05) is 30.4 Å². The number of hydrogen-bond acceptors (Lipinski definition) is 4. The second-order valence-electron chi connectivity index (χ2n) is 7.28. The van der Waals surface area contributed by atoms with Crippen molar-refractivity contribution in [1.29, 1.82) is 0 Å². The predicted molar refractivity (Wildman–Crippen MR) is 93.7 cm³/mol. The Bertz CT molecular complexity index is 697. The fourth-order valence-electron chi connectivity index (χ4n) is 4.71. The van der Waals surface area contributed by atoms with Gasteiger partial charge in [0.15, 0.2) is 5.69 Å². The standard InChI is InChI=1S/C17H24N4O2.CH2O2/c1-11-17(7-3-9-18-16(17)23)8-4-10-21(11)15(22)14-12-5-2-6-13(12)19-20-14;2-1-3/h11H,2-10H2,1H3,(H,18,23)(H,19,20);1H,(H,2,3)/t11-,17-;/m0./s1. The third-order valence-corrected chi connectivity index (χ3v) is 6.10. The number of carboxylic acid groups (broad SMARTS) is 1. The van der Waals surface area contributed by atoms with Gasteiger partial charge in [-0.1, -0.05) is 0 Å². The van der Waals surface area contributed by atoms with Crippen molar-refractivity contribution in [3.8, 4) is 0 Å². The summed E-state index contributed by atoms with van der Waals surface area (Å²) in [6.07, 6.45) is 6.64. The number of carbonyl (C=O) groups is 3. The van der Waals surface area contributed by atoms with Crippen LogP contribution < -0.4 is 5.32 Å². The van der Waals surface area contributed by atoms with Crippen molar-refractivity contribution in [1.82, 2.24) is 20.4 Å². The van der Waals surface area contributed by atoms with Crippen molar-refractivity contribution in [2.75, 3.05) is 13.1 Å². The molecule has 0 bridgehead atoms. The molecule has 142 valence electrons. The number of amides is 2. The highest BCUT2D eigenvalue weighted by atomic mass is 16.3. The normalized spacial score (nSPS) is 27.3. The van der Waals surface area contributed by atoms with E-state index >= 15 is 0 Å². The first kappa shape index (κ1) is 18.4. The molecule has 3 heterocycles. The van der Waals surface area contributed by atoms with Crippen LogP contribution in [0.1, 0.15) is 60.8 Å². The first-order chi connectivity index (χ1) is 12.5. The van der Waals surface area contributed by atoms with E-state index < -0.39 is 5.41 Å². The van der Waals surface area contributed by atoms with Crippen molar-refractivity contribution in [3.63, 3.8) is 0 Å². The topological polar surface area (TPSA) is 115 Å². The number of nitrogens with one attached hydrogen (secondary N) is 2. The van der Waals surface area contributed by atoms with Gasteiger partial charge in [-0.05, 0) is 51.9 Å². The Kier molecular flexibility index (Phi) is 5.29. The Morgan fingerprint density at radius 2 is 2.04 bits per heavy atom. The molecule has 0 saturated carbocycles. The number of piperidine rings is 2. The van der Waals surface area contributed by atoms with Crippen molar-refractivity contribution in [2.45, 2.75) is 57.9 Å². The summed E-state index contributed by atoms with van der Waals surface area (Å²) in [6, 6.07) is -0.0715. The van der Waals surface area contributed by atoms with Crippen molar-refractivity contribution >= 4 is 18.3 Å². The van der Waals surface area contributed by atoms with E-state index in [1.54, 1.807) is 0 Å². The Balaban J connectivity index is 0.000000613. The van der Waals surface area contributed by atoms with Gasteiger partial charge in [0.05, 0.1) is 5.41 Å². The number of H-pyrrole nitrogens is 1. The molecule has 8 nitrogen and oxygen atoms in total. The van der Waals surface area contributed by atoms with Gasteiger partial charge in [0.1, 0.15) is 0 Å². The molecule has 2 atom stereocenters. The minimum Gasteiger partial charge on any atom is -0.483 e. The summed E-state index contributed by atoms with van der Waals surface area (Å²) >= 11 is 0. The maximum absolute atomic E-state index is 13.1. The lowest BCUT2D eigenvalue weighted by Gasteiger charge is -2.49. The largest absolute Gasteiger partial charge is 0.483 e. The highest BCUT2D eigenvalue weighted by Gasteiger charge is 2.50. The number of aromatic amines is 1. The van der Waals surface area contributed by atoms with Gasteiger partial charge in [-0.3, -0.25) is 19.5 Å². The summed E-state index contributed by atoms with van der Waals surface area (Å²) in [4.78, 5) is 35.9. The molecular formula is C18H26N4O4. The minimum atomic E-state index is -0.411. The lowest BCUT2D eigenvalue weighted by Crippen LogP contribution is -2.61. The average Bonchev–Trinajstić information content (AvgIpc) is 3.23. The molecule has 4 rings (SSSR count). The van der Waals surface area contributed by atoms with E-state index in [4.69, 9.17) is 9.90 Å². The van der Waals surface area contributed by atoms with Crippen molar-refractivity contribution < 1.29 is 19.5 Å². The molecule has 0 aromatic carbocycles. The van der Waals surface area contributed by atoms with E-state index in [1.807, 2.05) is 11.8 Å². The van der Waals surface area contributed by atoms with Crippen molar-refractivity contribution in [3.05, 3.63) is 17.0 Å². The molecule has 0 unspecified atom stereocenters. The van der Waals surface area contributed by atoms with E-state index in [-0.39, 0.29) is 24.3 Å². The fraction of sp³-hybridized carbons (Fsp3) is 0.667. The van der Waals surface area contributed by atoms with Crippen LogP contribution in [-0.2, 0) is 22.4 Å². The first-order valence-corrected chi connectivity index (χ1v) is 9.28. The highest BCUT2D eigenvalue weighted by molar-refractivity contribution is 5.95. The number of likely N-dealkylation sites (tertiary alicyclic amines) is 1. The number of rotatable bonds is 1. The van der Waals surface area contributed by atoms with Gasteiger partial charge in [0.25, 0.3) is 12.4 Å². The lowest BCUT2D eigenvalue weighted by atomic mass is 9.68. The van der Waals surface area contributed by atoms with Crippen LogP contribution in [0.2, 0.25) is 0 Å². The number of fused-ring (bicyclic) bond motifs is 1. The van der Waals surface area contributed by atoms with E-state index in [0.717, 1.165) is 69.3 Å². The molecule has 1 spiro atoms. The minimum absolute atomic E-state index is 0.00523. The van der Waals surface area contributed by atoms with Gasteiger partial charge in [-0.25, -0.2) is 0 Å². The highest BCUT2D eigenvalue weighted by Crippen LogP contribution is 2.42. The smallest absolute Gasteiger partial charge is 0.290 e. The summed E-state index contributed by atoms with van der Waals surface area (Å²) in [6.45, 7) is 3.26. The van der Waals surface area contributed by atoms with Crippen LogP contribution in [0, 0.1) is 5.41 Å². The molecule has 1 aromatic heterocycles. The molecule has 26 heavy (non-hydrogen) atoms. The van der Waals surface area contributed by atoms with Gasteiger partial charge in [0.2, 0.25) is 5.91 Å². The number of aryl methyl sites for hydroxylation is 1. The summed E-state index contributed by atoms with van der Waals surface area (Å²) in [5.74, 6) is 0.121. The van der Waals surface area contributed by atoms with E-state index in [0.29, 0.717) is 5.69 Å². The molecule has 3 aliphatic rings. The number of nitrogens with zero attached hydrogens (tertiary/aromatic N) is 2. The molecule has 2 amide bonds.